The van der Waals surface area contributed by atoms with Crippen molar-refractivity contribution in [3.8, 4) is 6.07 Å². The third kappa shape index (κ3) is 5.09. The number of halogens is 1. The van der Waals surface area contributed by atoms with Gasteiger partial charge in [0.05, 0.1) is 24.9 Å². The minimum Gasteiger partial charge on any atom is -0.323 e. The number of likely N-dealkylation sites (tertiary alicyclic amines) is 1. The Morgan fingerprint density at radius 2 is 2.19 bits per heavy atom. The van der Waals surface area contributed by atoms with E-state index >= 15 is 0 Å². The molecule has 0 spiro atoms. The van der Waals surface area contributed by atoms with E-state index in [-0.39, 0.29) is 42.3 Å². The molecule has 0 bridgehead atoms. The van der Waals surface area contributed by atoms with Gasteiger partial charge in [-0.3, -0.25) is 9.78 Å². The SMILES string of the molecule is CCN(CC)S(=O)(=O)c1cccnc1[C@H]1CNCC[C@@H]1NCC(=O)N1C[C@@H](F)C[C@H]1C#N. The maximum Gasteiger partial charge on any atom is 0.244 e. The molecule has 3 heterocycles. The van der Waals surface area contributed by atoms with Crippen LogP contribution >= 0.6 is 0 Å². The monoisotopic (exact) mass is 466 g/mol. The Bertz CT molecular complexity index is 949. The number of pyridine rings is 1. The fourth-order valence-corrected chi connectivity index (χ4v) is 6.17. The first-order valence-electron chi connectivity index (χ1n) is 11.1. The van der Waals surface area contributed by atoms with Crippen LogP contribution in [-0.2, 0) is 14.8 Å². The molecule has 1 aromatic heterocycles. The predicted octanol–water partition coefficient (Wildman–Crippen LogP) is 0.610. The molecule has 2 aliphatic rings. The normalized spacial score (nSPS) is 26.3. The van der Waals surface area contributed by atoms with E-state index in [9.17, 15) is 22.9 Å². The molecule has 2 N–H and O–H groups in total. The van der Waals surface area contributed by atoms with Gasteiger partial charge in [0.25, 0.3) is 0 Å². The number of nitriles is 1. The van der Waals surface area contributed by atoms with Crippen molar-refractivity contribution < 1.29 is 17.6 Å². The molecule has 4 atom stereocenters. The number of nitrogens with zero attached hydrogens (tertiary/aromatic N) is 4. The molecular weight excluding hydrogens is 435 g/mol. The Labute approximate surface area is 189 Å². The Morgan fingerprint density at radius 1 is 1.44 bits per heavy atom. The first-order valence-corrected chi connectivity index (χ1v) is 12.5. The fraction of sp³-hybridized carbons (Fsp3) is 0.667. The fourth-order valence-electron chi connectivity index (χ4n) is 4.49. The Morgan fingerprint density at radius 3 is 2.88 bits per heavy atom. The molecule has 0 aliphatic carbocycles. The van der Waals surface area contributed by atoms with Gasteiger partial charge in [-0.25, -0.2) is 12.8 Å². The van der Waals surface area contributed by atoms with E-state index in [1.165, 1.54) is 9.21 Å². The van der Waals surface area contributed by atoms with Crippen LogP contribution in [0.2, 0.25) is 0 Å². The second-order valence-electron chi connectivity index (χ2n) is 8.09. The zero-order valence-electron chi connectivity index (χ0n) is 18.5. The average Bonchev–Trinajstić information content (AvgIpc) is 3.19. The number of rotatable bonds is 8. The number of sulfonamides is 1. The number of carbonyl (C=O) groups excluding carboxylic acids is 1. The smallest absolute Gasteiger partial charge is 0.244 e. The zero-order chi connectivity index (χ0) is 23.3. The van der Waals surface area contributed by atoms with Gasteiger partial charge in [0.1, 0.15) is 17.1 Å². The van der Waals surface area contributed by atoms with Crippen molar-refractivity contribution >= 4 is 15.9 Å². The highest BCUT2D eigenvalue weighted by Gasteiger charge is 2.37. The van der Waals surface area contributed by atoms with E-state index in [1.807, 2.05) is 6.07 Å². The minimum absolute atomic E-state index is 0.0404. The van der Waals surface area contributed by atoms with Crippen molar-refractivity contribution in [3.05, 3.63) is 24.0 Å². The molecule has 0 radical (unpaired) electrons. The van der Waals surface area contributed by atoms with Gasteiger partial charge in [0.2, 0.25) is 15.9 Å². The summed E-state index contributed by atoms with van der Waals surface area (Å²) in [5.74, 6) is -0.594. The summed E-state index contributed by atoms with van der Waals surface area (Å²) < 4.78 is 41.5. The van der Waals surface area contributed by atoms with Crippen molar-refractivity contribution in [3.63, 3.8) is 0 Å². The molecular formula is C21H31FN6O3S. The van der Waals surface area contributed by atoms with Crippen LogP contribution in [0.1, 0.15) is 38.3 Å². The van der Waals surface area contributed by atoms with Crippen LogP contribution in [0.3, 0.4) is 0 Å². The number of hydrogen-bond donors (Lipinski definition) is 2. The van der Waals surface area contributed by atoms with Crippen molar-refractivity contribution in [2.75, 3.05) is 39.3 Å². The molecule has 0 aromatic carbocycles. The van der Waals surface area contributed by atoms with E-state index in [4.69, 9.17) is 0 Å². The lowest BCUT2D eigenvalue weighted by Gasteiger charge is -2.34. The number of nitrogens with one attached hydrogen (secondary N) is 2. The molecule has 32 heavy (non-hydrogen) atoms. The number of piperidine rings is 1. The van der Waals surface area contributed by atoms with Gasteiger partial charge in [-0.05, 0) is 25.1 Å². The maximum absolute atomic E-state index is 13.7. The van der Waals surface area contributed by atoms with Gasteiger partial charge in [-0.2, -0.15) is 9.57 Å². The predicted molar refractivity (Wildman–Crippen MR) is 117 cm³/mol. The van der Waals surface area contributed by atoms with Crippen LogP contribution in [-0.4, -0.2) is 86.0 Å². The summed E-state index contributed by atoms with van der Waals surface area (Å²) in [4.78, 5) is 18.5. The van der Waals surface area contributed by atoms with Crippen molar-refractivity contribution in [1.82, 2.24) is 24.8 Å². The van der Waals surface area contributed by atoms with Crippen molar-refractivity contribution in [2.45, 2.75) is 55.8 Å². The Balaban J connectivity index is 1.79. The minimum atomic E-state index is -3.70. The molecule has 2 aliphatic heterocycles. The molecule has 1 aromatic rings. The second-order valence-corrected chi connectivity index (χ2v) is 9.99. The number of carbonyl (C=O) groups is 1. The van der Waals surface area contributed by atoms with Crippen LogP contribution in [0, 0.1) is 11.3 Å². The lowest BCUT2D eigenvalue weighted by molar-refractivity contribution is -0.130. The Hall–Kier alpha value is -2.13. The topological polar surface area (TPSA) is 118 Å². The van der Waals surface area contributed by atoms with Gasteiger partial charge in [0.15, 0.2) is 0 Å². The number of aromatic nitrogens is 1. The highest BCUT2D eigenvalue weighted by Crippen LogP contribution is 2.29. The number of alkyl halides is 1. The van der Waals surface area contributed by atoms with Crippen molar-refractivity contribution in [1.29, 1.82) is 5.26 Å². The molecule has 2 fully saturated rings. The molecule has 11 heteroatoms. The largest absolute Gasteiger partial charge is 0.323 e. The number of hydrogen-bond acceptors (Lipinski definition) is 7. The highest BCUT2D eigenvalue weighted by molar-refractivity contribution is 7.89. The summed E-state index contributed by atoms with van der Waals surface area (Å²) in [7, 11) is -3.70. The molecule has 3 rings (SSSR count). The van der Waals surface area contributed by atoms with E-state index in [0.717, 1.165) is 0 Å². The van der Waals surface area contributed by atoms with Crippen LogP contribution in [0.5, 0.6) is 0 Å². The van der Waals surface area contributed by atoms with Crippen molar-refractivity contribution in [2.24, 2.45) is 0 Å². The van der Waals surface area contributed by atoms with Crippen LogP contribution in [0.15, 0.2) is 23.2 Å². The van der Waals surface area contributed by atoms with E-state index in [0.29, 0.717) is 38.3 Å². The summed E-state index contributed by atoms with van der Waals surface area (Å²) in [6.07, 6.45) is 1.11. The maximum atomic E-state index is 13.7. The highest BCUT2D eigenvalue weighted by atomic mass is 32.2. The third-order valence-corrected chi connectivity index (χ3v) is 8.29. The molecule has 176 valence electrons. The molecule has 0 saturated carbocycles. The van der Waals surface area contributed by atoms with Crippen LogP contribution in [0.4, 0.5) is 4.39 Å². The van der Waals surface area contributed by atoms with Gasteiger partial charge >= 0.3 is 0 Å². The first-order chi connectivity index (χ1) is 15.3. The van der Waals surface area contributed by atoms with Gasteiger partial charge < -0.3 is 15.5 Å². The lowest BCUT2D eigenvalue weighted by Crippen LogP contribution is -2.50. The van der Waals surface area contributed by atoms with E-state index in [2.05, 4.69) is 15.6 Å². The third-order valence-electron chi connectivity index (χ3n) is 6.19. The summed E-state index contributed by atoms with van der Waals surface area (Å²) >= 11 is 0. The summed E-state index contributed by atoms with van der Waals surface area (Å²) in [5.41, 5.74) is 0.469. The second kappa shape index (κ2) is 10.7. The summed E-state index contributed by atoms with van der Waals surface area (Å²) in [5, 5.41) is 15.7. The molecule has 9 nitrogen and oxygen atoms in total. The van der Waals surface area contributed by atoms with Crippen LogP contribution < -0.4 is 10.6 Å². The molecule has 0 unspecified atom stereocenters. The Kier molecular flexibility index (Phi) is 8.16. The molecule has 2 saturated heterocycles. The first kappa shape index (κ1) is 24.5. The summed E-state index contributed by atoms with van der Waals surface area (Å²) in [6, 6.07) is 4.25. The van der Waals surface area contributed by atoms with Gasteiger partial charge in [-0.15, -0.1) is 0 Å². The number of amides is 1. The lowest BCUT2D eigenvalue weighted by atomic mass is 9.90. The summed E-state index contributed by atoms with van der Waals surface area (Å²) in [6.45, 7) is 5.42. The standard InChI is InChI=1S/C21H31FN6O3S/c1-3-27(4-2)32(30,31)19-6-5-8-25-21(19)17-12-24-9-7-18(17)26-13-20(29)28-14-15(22)10-16(28)11-23/h5-6,8,15-18,24,26H,3-4,7,9-10,12-14H2,1-2H3/t15-,16-,17-,18-/m0/s1. The van der Waals surface area contributed by atoms with Gasteiger partial charge in [-0.1, -0.05) is 13.8 Å². The van der Waals surface area contributed by atoms with Crippen LogP contribution in [0.25, 0.3) is 0 Å². The quantitative estimate of drug-likeness (QED) is 0.576. The average molecular weight is 467 g/mol. The van der Waals surface area contributed by atoms with E-state index in [1.54, 1.807) is 32.2 Å². The van der Waals surface area contributed by atoms with E-state index < -0.39 is 22.2 Å². The zero-order valence-corrected chi connectivity index (χ0v) is 19.3. The molecule has 1 amide bonds. The van der Waals surface area contributed by atoms with Gasteiger partial charge in [0, 0.05) is 44.2 Å².